The third-order valence-electron chi connectivity index (χ3n) is 4.68. The number of likely N-dealkylation sites (tertiary alicyclic amines) is 1. The van der Waals surface area contributed by atoms with Crippen LogP contribution in [-0.4, -0.2) is 50.2 Å². The number of benzene rings is 1. The molecule has 1 heterocycles. The molecule has 0 spiro atoms. The third kappa shape index (κ3) is 4.42. The largest absolute Gasteiger partial charge is 0.497 e. The van der Waals surface area contributed by atoms with Gasteiger partial charge in [0.2, 0.25) is 5.91 Å². The minimum Gasteiger partial charge on any atom is -0.497 e. The zero-order valence-corrected chi connectivity index (χ0v) is 14.7. The van der Waals surface area contributed by atoms with Gasteiger partial charge in [0.25, 0.3) is 0 Å². The Balaban J connectivity index is 1.63. The SMILES string of the molecule is COc1ccc([C@H]2CCCN2CC(=O)NC(=O)NC2CC2)c(OC)c1. The van der Waals surface area contributed by atoms with Crippen molar-refractivity contribution < 1.29 is 19.1 Å². The van der Waals surface area contributed by atoms with E-state index in [4.69, 9.17) is 9.47 Å². The van der Waals surface area contributed by atoms with Crippen molar-refractivity contribution >= 4 is 11.9 Å². The van der Waals surface area contributed by atoms with E-state index in [-0.39, 0.29) is 24.5 Å². The van der Waals surface area contributed by atoms with E-state index in [1.165, 1.54) is 0 Å². The van der Waals surface area contributed by atoms with Crippen molar-refractivity contribution in [2.24, 2.45) is 0 Å². The molecule has 1 aliphatic heterocycles. The molecular weight excluding hydrogens is 322 g/mol. The van der Waals surface area contributed by atoms with E-state index in [0.29, 0.717) is 0 Å². The lowest BCUT2D eigenvalue weighted by Crippen LogP contribution is -2.45. The zero-order valence-electron chi connectivity index (χ0n) is 14.7. The van der Waals surface area contributed by atoms with Crippen LogP contribution in [0.3, 0.4) is 0 Å². The number of urea groups is 1. The van der Waals surface area contributed by atoms with Crippen molar-refractivity contribution in [3.05, 3.63) is 23.8 Å². The first-order chi connectivity index (χ1) is 12.1. The van der Waals surface area contributed by atoms with Crippen molar-refractivity contribution in [1.82, 2.24) is 15.5 Å². The lowest BCUT2D eigenvalue weighted by atomic mass is 10.0. The van der Waals surface area contributed by atoms with Gasteiger partial charge in [-0.1, -0.05) is 6.07 Å². The van der Waals surface area contributed by atoms with Crippen LogP contribution in [0.4, 0.5) is 4.79 Å². The van der Waals surface area contributed by atoms with Gasteiger partial charge >= 0.3 is 6.03 Å². The molecule has 0 aromatic heterocycles. The lowest BCUT2D eigenvalue weighted by molar-refractivity contribution is -0.121. The minimum atomic E-state index is -0.398. The van der Waals surface area contributed by atoms with E-state index in [9.17, 15) is 9.59 Å². The normalized spacial score (nSPS) is 20.2. The Kier molecular flexibility index (Phi) is 5.43. The van der Waals surface area contributed by atoms with Gasteiger partial charge < -0.3 is 14.8 Å². The van der Waals surface area contributed by atoms with E-state index < -0.39 is 6.03 Å². The minimum absolute atomic E-state index is 0.0955. The molecule has 1 atom stereocenters. The molecule has 7 nitrogen and oxygen atoms in total. The summed E-state index contributed by atoms with van der Waals surface area (Å²) < 4.78 is 10.7. The highest BCUT2D eigenvalue weighted by Gasteiger charge is 2.30. The number of nitrogens with zero attached hydrogens (tertiary/aromatic N) is 1. The van der Waals surface area contributed by atoms with Crippen molar-refractivity contribution in [2.75, 3.05) is 27.3 Å². The maximum atomic E-state index is 12.2. The quantitative estimate of drug-likeness (QED) is 0.821. The summed E-state index contributed by atoms with van der Waals surface area (Å²) in [5, 5.41) is 5.18. The Morgan fingerprint density at radius 1 is 1.20 bits per heavy atom. The summed E-state index contributed by atoms with van der Waals surface area (Å²) in [4.78, 5) is 26.0. The molecule has 2 N–H and O–H groups in total. The highest BCUT2D eigenvalue weighted by molar-refractivity contribution is 5.95. The summed E-state index contributed by atoms with van der Waals surface area (Å²) in [6.07, 6.45) is 3.94. The Hall–Kier alpha value is -2.28. The molecule has 25 heavy (non-hydrogen) atoms. The first kappa shape index (κ1) is 17.5. The first-order valence-electron chi connectivity index (χ1n) is 8.67. The molecule has 0 radical (unpaired) electrons. The number of carbonyl (C=O) groups is 2. The molecule has 2 fully saturated rings. The average Bonchev–Trinajstić information content (AvgIpc) is 3.29. The van der Waals surface area contributed by atoms with E-state index in [1.807, 2.05) is 18.2 Å². The fraction of sp³-hybridized carbons (Fsp3) is 0.556. The predicted octanol–water partition coefficient (Wildman–Crippen LogP) is 1.83. The predicted molar refractivity (Wildman–Crippen MR) is 92.8 cm³/mol. The monoisotopic (exact) mass is 347 g/mol. The molecule has 1 saturated heterocycles. The van der Waals surface area contributed by atoms with Crippen LogP contribution in [-0.2, 0) is 4.79 Å². The Morgan fingerprint density at radius 3 is 2.68 bits per heavy atom. The van der Waals surface area contributed by atoms with Crippen LogP contribution in [0.25, 0.3) is 0 Å². The Labute approximate surface area is 147 Å². The van der Waals surface area contributed by atoms with E-state index >= 15 is 0 Å². The summed E-state index contributed by atoms with van der Waals surface area (Å²) in [6, 6.07) is 5.67. The average molecular weight is 347 g/mol. The van der Waals surface area contributed by atoms with Gasteiger partial charge in [0.05, 0.1) is 20.8 Å². The van der Waals surface area contributed by atoms with Crippen LogP contribution in [0.15, 0.2) is 18.2 Å². The highest BCUT2D eigenvalue weighted by atomic mass is 16.5. The topological polar surface area (TPSA) is 79.9 Å². The summed E-state index contributed by atoms with van der Waals surface area (Å²) in [5.74, 6) is 1.21. The highest BCUT2D eigenvalue weighted by Crippen LogP contribution is 2.38. The number of methoxy groups -OCH3 is 2. The van der Waals surface area contributed by atoms with Crippen LogP contribution in [0.1, 0.15) is 37.3 Å². The van der Waals surface area contributed by atoms with Gasteiger partial charge in [0.15, 0.2) is 0 Å². The summed E-state index contributed by atoms with van der Waals surface area (Å²) >= 11 is 0. The number of hydrogen-bond donors (Lipinski definition) is 2. The van der Waals surface area contributed by atoms with E-state index in [0.717, 1.165) is 49.3 Å². The van der Waals surface area contributed by atoms with Crippen LogP contribution in [0.5, 0.6) is 11.5 Å². The Morgan fingerprint density at radius 2 is 2.00 bits per heavy atom. The lowest BCUT2D eigenvalue weighted by Gasteiger charge is -2.25. The molecule has 1 aliphatic carbocycles. The smallest absolute Gasteiger partial charge is 0.321 e. The molecule has 2 aliphatic rings. The molecule has 3 amide bonds. The van der Waals surface area contributed by atoms with Crippen LogP contribution in [0.2, 0.25) is 0 Å². The molecule has 0 unspecified atom stereocenters. The zero-order chi connectivity index (χ0) is 17.8. The van der Waals surface area contributed by atoms with Crippen LogP contribution in [0, 0.1) is 0 Å². The maximum Gasteiger partial charge on any atom is 0.321 e. The van der Waals surface area contributed by atoms with Crippen molar-refractivity contribution in [3.63, 3.8) is 0 Å². The number of hydrogen-bond acceptors (Lipinski definition) is 5. The van der Waals surface area contributed by atoms with E-state index in [1.54, 1.807) is 14.2 Å². The molecule has 7 heteroatoms. The van der Waals surface area contributed by atoms with E-state index in [2.05, 4.69) is 15.5 Å². The van der Waals surface area contributed by atoms with Crippen molar-refractivity contribution in [2.45, 2.75) is 37.8 Å². The van der Waals surface area contributed by atoms with Crippen LogP contribution >= 0.6 is 0 Å². The fourth-order valence-corrected chi connectivity index (χ4v) is 3.26. The third-order valence-corrected chi connectivity index (χ3v) is 4.68. The molecular formula is C18H25N3O4. The molecule has 1 aromatic carbocycles. The summed E-state index contributed by atoms with van der Waals surface area (Å²) in [6.45, 7) is 1.01. The second kappa shape index (κ2) is 7.74. The first-order valence-corrected chi connectivity index (χ1v) is 8.67. The second-order valence-electron chi connectivity index (χ2n) is 6.53. The number of rotatable bonds is 6. The van der Waals surface area contributed by atoms with Gasteiger partial charge in [-0.05, 0) is 38.3 Å². The molecule has 3 rings (SSSR count). The van der Waals surface area contributed by atoms with Gasteiger partial charge in [0, 0.05) is 23.7 Å². The van der Waals surface area contributed by atoms with Crippen molar-refractivity contribution in [1.29, 1.82) is 0 Å². The van der Waals surface area contributed by atoms with Crippen molar-refractivity contribution in [3.8, 4) is 11.5 Å². The van der Waals surface area contributed by atoms with Gasteiger partial charge in [-0.3, -0.25) is 15.0 Å². The van der Waals surface area contributed by atoms with Gasteiger partial charge in [-0.2, -0.15) is 0 Å². The molecule has 1 aromatic rings. The number of ether oxygens (including phenoxy) is 2. The summed E-state index contributed by atoms with van der Waals surface area (Å²) in [5.41, 5.74) is 1.04. The van der Waals surface area contributed by atoms with Crippen LogP contribution < -0.4 is 20.1 Å². The standard InChI is InChI=1S/C18H25N3O4/c1-24-13-7-8-14(16(10-13)25-2)15-4-3-9-21(15)11-17(22)20-18(23)19-12-5-6-12/h7-8,10,12,15H,3-6,9,11H2,1-2H3,(H2,19,20,22,23)/t15-/m1/s1. The molecule has 1 saturated carbocycles. The molecule has 136 valence electrons. The van der Waals surface area contributed by atoms with Gasteiger partial charge in [-0.25, -0.2) is 4.79 Å². The molecule has 0 bridgehead atoms. The number of amides is 3. The Bertz CT molecular complexity index is 645. The number of carbonyl (C=O) groups excluding carboxylic acids is 2. The maximum absolute atomic E-state index is 12.2. The van der Waals surface area contributed by atoms with Gasteiger partial charge in [0.1, 0.15) is 11.5 Å². The number of imide groups is 1. The fourth-order valence-electron chi connectivity index (χ4n) is 3.26. The number of nitrogens with one attached hydrogen (secondary N) is 2. The summed E-state index contributed by atoms with van der Waals surface area (Å²) in [7, 11) is 3.25. The second-order valence-corrected chi connectivity index (χ2v) is 6.53. The van der Waals surface area contributed by atoms with Gasteiger partial charge in [-0.15, -0.1) is 0 Å².